The number of hydrogen-bond donors (Lipinski definition) is 1. The molecule has 0 aromatic carbocycles. The van der Waals surface area contributed by atoms with Crippen LogP contribution >= 0.6 is 0 Å². The van der Waals surface area contributed by atoms with Crippen molar-refractivity contribution in [1.82, 2.24) is 9.80 Å². The number of ether oxygens (including phenoxy) is 1. The van der Waals surface area contributed by atoms with E-state index >= 15 is 0 Å². The predicted molar refractivity (Wildman–Crippen MR) is 70.1 cm³/mol. The molecule has 0 aliphatic carbocycles. The summed E-state index contributed by atoms with van der Waals surface area (Å²) in [5, 5.41) is 0. The minimum absolute atomic E-state index is 0.783. The van der Waals surface area contributed by atoms with Crippen molar-refractivity contribution in [3.8, 4) is 0 Å². The van der Waals surface area contributed by atoms with Crippen LogP contribution in [-0.4, -0.2) is 68.8 Å². The summed E-state index contributed by atoms with van der Waals surface area (Å²) in [5.74, 6) is 0.783. The van der Waals surface area contributed by atoms with Crippen molar-refractivity contribution in [3.05, 3.63) is 0 Å². The number of nitrogens with two attached hydrogens (primary N) is 1. The molecule has 2 heterocycles. The van der Waals surface area contributed by atoms with Gasteiger partial charge in [-0.2, -0.15) is 0 Å². The van der Waals surface area contributed by atoms with Crippen LogP contribution in [0.2, 0.25) is 0 Å². The van der Waals surface area contributed by atoms with E-state index in [4.69, 9.17) is 10.5 Å². The lowest BCUT2D eigenvalue weighted by Crippen LogP contribution is -2.40. The Kier molecular flexibility index (Phi) is 5.71. The highest BCUT2D eigenvalue weighted by Crippen LogP contribution is 2.15. The summed E-state index contributed by atoms with van der Waals surface area (Å²) in [6, 6.07) is 0. The Morgan fingerprint density at radius 3 is 2.12 bits per heavy atom. The average Bonchev–Trinajstić information content (AvgIpc) is 2.41. The van der Waals surface area contributed by atoms with Gasteiger partial charge in [0, 0.05) is 13.1 Å². The maximum Gasteiger partial charge on any atom is 0.0594 e. The highest BCUT2D eigenvalue weighted by Gasteiger charge is 2.17. The largest absolute Gasteiger partial charge is 0.379 e. The third-order valence-corrected chi connectivity index (χ3v) is 4.09. The summed E-state index contributed by atoms with van der Waals surface area (Å²) in [7, 11) is 0. The predicted octanol–water partition coefficient (Wildman–Crippen LogP) is 0.379. The van der Waals surface area contributed by atoms with Gasteiger partial charge in [0.2, 0.25) is 0 Å². The molecule has 2 aliphatic rings. The van der Waals surface area contributed by atoms with Crippen molar-refractivity contribution >= 4 is 0 Å². The van der Waals surface area contributed by atoms with Gasteiger partial charge in [-0.15, -0.1) is 0 Å². The molecule has 2 saturated heterocycles. The lowest BCUT2D eigenvalue weighted by molar-refractivity contribution is 0.0356. The molecular weight excluding hydrogens is 214 g/mol. The maximum absolute atomic E-state index is 5.71. The van der Waals surface area contributed by atoms with E-state index in [1.807, 2.05) is 0 Å². The first-order valence-electron chi connectivity index (χ1n) is 7.11. The van der Waals surface area contributed by atoms with Gasteiger partial charge in [-0.25, -0.2) is 0 Å². The van der Waals surface area contributed by atoms with Gasteiger partial charge < -0.3 is 15.4 Å². The fraction of sp³-hybridized carbons (Fsp3) is 1.00. The Bertz CT molecular complexity index is 199. The van der Waals surface area contributed by atoms with Crippen molar-refractivity contribution in [1.29, 1.82) is 0 Å². The van der Waals surface area contributed by atoms with Gasteiger partial charge >= 0.3 is 0 Å². The highest BCUT2D eigenvalue weighted by molar-refractivity contribution is 4.73. The molecule has 0 aromatic rings. The molecule has 4 heteroatoms. The molecule has 0 saturated carbocycles. The molecule has 2 aliphatic heterocycles. The van der Waals surface area contributed by atoms with Crippen LogP contribution in [0.1, 0.15) is 19.3 Å². The van der Waals surface area contributed by atoms with Crippen LogP contribution in [0.4, 0.5) is 0 Å². The van der Waals surface area contributed by atoms with Gasteiger partial charge in [-0.05, 0) is 57.9 Å². The molecule has 2 fully saturated rings. The topological polar surface area (TPSA) is 41.7 Å². The number of nitrogens with zero attached hydrogens (tertiary/aromatic N) is 2. The van der Waals surface area contributed by atoms with Crippen LogP contribution in [0, 0.1) is 5.92 Å². The molecule has 17 heavy (non-hydrogen) atoms. The second-order valence-electron chi connectivity index (χ2n) is 5.33. The number of likely N-dealkylation sites (tertiary alicyclic amines) is 1. The van der Waals surface area contributed by atoms with Crippen molar-refractivity contribution in [2.24, 2.45) is 11.7 Å². The molecule has 0 radical (unpaired) electrons. The molecule has 0 atom stereocenters. The minimum Gasteiger partial charge on any atom is -0.379 e. The molecule has 2 rings (SSSR count). The molecule has 0 aromatic heterocycles. The fourth-order valence-electron chi connectivity index (χ4n) is 2.79. The average molecular weight is 241 g/mol. The fourth-order valence-corrected chi connectivity index (χ4v) is 2.79. The SMILES string of the molecule is NCC1CCN(CCCN2CCOCC2)CC1. The Morgan fingerprint density at radius 2 is 1.53 bits per heavy atom. The maximum atomic E-state index is 5.71. The van der Waals surface area contributed by atoms with Crippen LogP contribution in [0.5, 0.6) is 0 Å². The van der Waals surface area contributed by atoms with Crippen molar-refractivity contribution < 1.29 is 4.74 Å². The first-order chi connectivity index (χ1) is 8.38. The van der Waals surface area contributed by atoms with Gasteiger partial charge in [0.05, 0.1) is 13.2 Å². The lowest BCUT2D eigenvalue weighted by Gasteiger charge is -2.32. The zero-order valence-electron chi connectivity index (χ0n) is 10.9. The zero-order valence-corrected chi connectivity index (χ0v) is 10.9. The summed E-state index contributed by atoms with van der Waals surface area (Å²) in [4.78, 5) is 5.13. The third-order valence-electron chi connectivity index (χ3n) is 4.09. The summed E-state index contributed by atoms with van der Waals surface area (Å²) in [6.07, 6.45) is 3.90. The Hall–Kier alpha value is -0.160. The molecule has 0 bridgehead atoms. The standard InChI is InChI=1S/C13H27N3O/c14-12-13-2-6-15(7-3-13)4-1-5-16-8-10-17-11-9-16/h13H,1-12,14H2. The van der Waals surface area contributed by atoms with Gasteiger partial charge in [0.15, 0.2) is 0 Å². The van der Waals surface area contributed by atoms with Gasteiger partial charge in [-0.1, -0.05) is 0 Å². The van der Waals surface area contributed by atoms with Gasteiger partial charge in [0.25, 0.3) is 0 Å². The van der Waals surface area contributed by atoms with Crippen molar-refractivity contribution in [2.45, 2.75) is 19.3 Å². The van der Waals surface area contributed by atoms with Crippen molar-refractivity contribution in [2.75, 3.05) is 59.0 Å². The number of morpholine rings is 1. The monoisotopic (exact) mass is 241 g/mol. The van der Waals surface area contributed by atoms with E-state index in [9.17, 15) is 0 Å². The minimum atomic E-state index is 0.783. The number of rotatable bonds is 5. The van der Waals surface area contributed by atoms with Gasteiger partial charge in [0.1, 0.15) is 0 Å². The molecule has 100 valence electrons. The van der Waals surface area contributed by atoms with Gasteiger partial charge in [-0.3, -0.25) is 4.90 Å². The second-order valence-corrected chi connectivity index (χ2v) is 5.33. The first kappa shape index (κ1) is 13.3. The van der Waals surface area contributed by atoms with E-state index in [0.29, 0.717) is 0 Å². The molecular formula is C13H27N3O. The van der Waals surface area contributed by atoms with E-state index in [-0.39, 0.29) is 0 Å². The number of piperidine rings is 1. The molecule has 2 N–H and O–H groups in total. The summed E-state index contributed by atoms with van der Waals surface area (Å²) < 4.78 is 5.36. The quantitative estimate of drug-likeness (QED) is 0.755. The Labute approximate surface area is 105 Å². The van der Waals surface area contributed by atoms with Crippen LogP contribution in [-0.2, 0) is 4.74 Å². The van der Waals surface area contributed by atoms with E-state index in [0.717, 1.165) is 38.8 Å². The summed E-state index contributed by atoms with van der Waals surface area (Å²) >= 11 is 0. The number of hydrogen-bond acceptors (Lipinski definition) is 4. The van der Waals surface area contributed by atoms with Crippen molar-refractivity contribution in [3.63, 3.8) is 0 Å². The smallest absolute Gasteiger partial charge is 0.0594 e. The van der Waals surface area contributed by atoms with E-state index < -0.39 is 0 Å². The van der Waals surface area contributed by atoms with E-state index in [1.165, 1.54) is 45.4 Å². The second kappa shape index (κ2) is 7.31. The van der Waals surface area contributed by atoms with E-state index in [1.54, 1.807) is 0 Å². The summed E-state index contributed by atoms with van der Waals surface area (Å²) in [5.41, 5.74) is 5.71. The lowest BCUT2D eigenvalue weighted by atomic mass is 9.97. The molecule has 0 spiro atoms. The zero-order chi connectivity index (χ0) is 11.9. The van der Waals surface area contributed by atoms with Crippen LogP contribution in [0.3, 0.4) is 0 Å². The van der Waals surface area contributed by atoms with Crippen LogP contribution < -0.4 is 5.73 Å². The Morgan fingerprint density at radius 1 is 0.941 bits per heavy atom. The first-order valence-corrected chi connectivity index (χ1v) is 7.11. The molecule has 4 nitrogen and oxygen atoms in total. The molecule has 0 unspecified atom stereocenters. The van der Waals surface area contributed by atoms with E-state index in [2.05, 4.69) is 9.80 Å². The molecule has 0 amide bonds. The van der Waals surface area contributed by atoms with Crippen LogP contribution in [0.15, 0.2) is 0 Å². The van der Waals surface area contributed by atoms with Crippen LogP contribution in [0.25, 0.3) is 0 Å². The third kappa shape index (κ3) is 4.54. The Balaban J connectivity index is 1.53. The summed E-state index contributed by atoms with van der Waals surface area (Å²) in [6.45, 7) is 9.96. The normalized spacial score (nSPS) is 25.2. The highest BCUT2D eigenvalue weighted by atomic mass is 16.5.